The average molecular weight is 541 g/mol. The van der Waals surface area contributed by atoms with Crippen molar-refractivity contribution < 1.29 is 20.1 Å². The third-order valence-corrected chi connectivity index (χ3v) is 11.3. The van der Waals surface area contributed by atoms with E-state index in [1.165, 1.54) is 37.7 Å². The van der Waals surface area contributed by atoms with Crippen LogP contribution >= 0.6 is 0 Å². The van der Waals surface area contributed by atoms with Gasteiger partial charge in [0.2, 0.25) is 0 Å². The van der Waals surface area contributed by atoms with E-state index < -0.39 is 12.2 Å². The standard InChI is InChI=1S/C35H56O4/c1-5-6-7-8-11-32(38)31(34(3)19-20-34)17-15-28(36)22-27-14-16-30-25(10-9-18-35(27,30)4)12-13-26-21-29(37)23-33(39)24(26)2/h12-13,27-31,33,36-37,39H,2,5-11,14-23H2,1,3-4H3/b25-12-,26-13+. The Bertz CT molecular complexity index is 927. The van der Waals surface area contributed by atoms with Crippen LogP contribution in [0.25, 0.3) is 0 Å². The molecule has 4 heteroatoms. The van der Waals surface area contributed by atoms with Gasteiger partial charge in [0.05, 0.1) is 18.3 Å². The van der Waals surface area contributed by atoms with Crippen molar-refractivity contribution in [3.8, 4) is 0 Å². The van der Waals surface area contributed by atoms with Gasteiger partial charge in [0.1, 0.15) is 5.78 Å². The molecule has 7 unspecified atom stereocenters. The molecule has 39 heavy (non-hydrogen) atoms. The molecule has 220 valence electrons. The fourth-order valence-electron chi connectivity index (χ4n) is 8.35. The molecule has 4 rings (SSSR count). The molecule has 0 saturated heterocycles. The lowest BCUT2D eigenvalue weighted by Gasteiger charge is -2.43. The highest BCUT2D eigenvalue weighted by Gasteiger charge is 2.50. The summed E-state index contributed by atoms with van der Waals surface area (Å²) in [6.45, 7) is 11.0. The molecule has 0 heterocycles. The number of aliphatic hydroxyl groups excluding tert-OH is 3. The Morgan fingerprint density at radius 2 is 1.85 bits per heavy atom. The van der Waals surface area contributed by atoms with Gasteiger partial charge in [-0.15, -0.1) is 0 Å². The Balaban J connectivity index is 1.34. The van der Waals surface area contributed by atoms with Crippen LogP contribution in [0, 0.1) is 28.6 Å². The van der Waals surface area contributed by atoms with Crippen molar-refractivity contribution in [1.82, 2.24) is 0 Å². The van der Waals surface area contributed by atoms with E-state index in [-0.39, 0.29) is 22.9 Å². The number of Topliss-reactive ketones (excluding diaryl/α,β-unsaturated/α-hetero) is 1. The van der Waals surface area contributed by atoms with Crippen LogP contribution in [-0.2, 0) is 4.79 Å². The molecule has 4 saturated carbocycles. The van der Waals surface area contributed by atoms with Gasteiger partial charge in [-0.3, -0.25) is 4.79 Å². The summed E-state index contributed by atoms with van der Waals surface area (Å²) in [5.41, 5.74) is 3.61. The van der Waals surface area contributed by atoms with E-state index in [0.29, 0.717) is 30.5 Å². The van der Waals surface area contributed by atoms with Crippen LogP contribution in [0.5, 0.6) is 0 Å². The Labute approximate surface area is 238 Å². The second-order valence-electron chi connectivity index (χ2n) is 14.2. The topological polar surface area (TPSA) is 77.8 Å². The zero-order valence-corrected chi connectivity index (χ0v) is 25.1. The lowest BCUT2D eigenvalue weighted by atomic mass is 9.62. The van der Waals surface area contributed by atoms with Crippen LogP contribution in [0.15, 0.2) is 35.5 Å². The Kier molecular flexibility index (Phi) is 10.4. The fourth-order valence-corrected chi connectivity index (χ4v) is 8.35. The van der Waals surface area contributed by atoms with Gasteiger partial charge in [-0.1, -0.05) is 64.3 Å². The van der Waals surface area contributed by atoms with Gasteiger partial charge in [-0.05, 0) is 111 Å². The molecule has 4 aliphatic carbocycles. The first-order chi connectivity index (χ1) is 18.6. The lowest BCUT2D eigenvalue weighted by Crippen LogP contribution is -2.35. The van der Waals surface area contributed by atoms with E-state index in [9.17, 15) is 20.1 Å². The van der Waals surface area contributed by atoms with Gasteiger partial charge in [0.25, 0.3) is 0 Å². The molecule has 0 bridgehead atoms. The highest BCUT2D eigenvalue weighted by Crippen LogP contribution is 2.59. The molecule has 0 spiro atoms. The molecule has 4 aliphatic rings. The number of carbonyl (C=O) groups excluding carboxylic acids is 1. The van der Waals surface area contributed by atoms with Crippen molar-refractivity contribution in [3.63, 3.8) is 0 Å². The highest BCUT2D eigenvalue weighted by atomic mass is 16.3. The predicted octanol–water partition coefficient (Wildman–Crippen LogP) is 7.61. The number of aliphatic hydroxyl groups is 3. The molecular weight excluding hydrogens is 484 g/mol. The summed E-state index contributed by atoms with van der Waals surface area (Å²) in [6, 6.07) is 0. The Hall–Kier alpha value is -1.23. The van der Waals surface area contributed by atoms with E-state index >= 15 is 0 Å². The minimum absolute atomic E-state index is 0.129. The van der Waals surface area contributed by atoms with Crippen LogP contribution in [0.4, 0.5) is 0 Å². The zero-order valence-electron chi connectivity index (χ0n) is 25.1. The van der Waals surface area contributed by atoms with E-state index in [1.807, 2.05) is 0 Å². The smallest absolute Gasteiger partial charge is 0.136 e. The first kappa shape index (κ1) is 30.7. The summed E-state index contributed by atoms with van der Waals surface area (Å²) >= 11 is 0. The number of hydrogen-bond acceptors (Lipinski definition) is 4. The Morgan fingerprint density at radius 3 is 2.56 bits per heavy atom. The number of unbranched alkanes of at least 4 members (excludes halogenated alkanes) is 3. The molecule has 0 radical (unpaired) electrons. The highest BCUT2D eigenvalue weighted by molar-refractivity contribution is 5.82. The van der Waals surface area contributed by atoms with Crippen molar-refractivity contribution in [3.05, 3.63) is 35.5 Å². The number of hydrogen-bond donors (Lipinski definition) is 3. The first-order valence-corrected chi connectivity index (χ1v) is 16.2. The summed E-state index contributed by atoms with van der Waals surface area (Å²) in [5.74, 6) is 1.63. The maximum atomic E-state index is 13.1. The lowest BCUT2D eigenvalue weighted by molar-refractivity contribution is -0.125. The molecule has 0 aromatic rings. The zero-order chi connectivity index (χ0) is 28.2. The summed E-state index contributed by atoms with van der Waals surface area (Å²) in [7, 11) is 0. The molecule has 4 fully saturated rings. The Morgan fingerprint density at radius 1 is 1.08 bits per heavy atom. The maximum absolute atomic E-state index is 13.1. The number of fused-ring (bicyclic) bond motifs is 1. The largest absolute Gasteiger partial charge is 0.393 e. The van der Waals surface area contributed by atoms with Gasteiger partial charge >= 0.3 is 0 Å². The minimum atomic E-state index is -0.647. The van der Waals surface area contributed by atoms with E-state index in [2.05, 4.69) is 39.5 Å². The molecule has 0 aromatic heterocycles. The summed E-state index contributed by atoms with van der Waals surface area (Å²) in [6.07, 6.45) is 19.7. The molecule has 3 N–H and O–H groups in total. The van der Waals surface area contributed by atoms with E-state index in [0.717, 1.165) is 75.4 Å². The van der Waals surface area contributed by atoms with Crippen LogP contribution in [0.3, 0.4) is 0 Å². The quantitative estimate of drug-likeness (QED) is 0.210. The SMILES string of the molecule is C=C1/C(=C/C=C2/CCCC3(C)C(CC(O)CCC(C(=O)CCCCCC)C4(C)CC4)CCC23)CC(O)CC1O. The minimum Gasteiger partial charge on any atom is -0.393 e. The third-order valence-electron chi connectivity index (χ3n) is 11.3. The first-order valence-electron chi connectivity index (χ1n) is 16.2. The number of allylic oxidation sites excluding steroid dienone is 3. The van der Waals surface area contributed by atoms with Crippen LogP contribution in [0.2, 0.25) is 0 Å². The van der Waals surface area contributed by atoms with Crippen molar-refractivity contribution >= 4 is 5.78 Å². The number of rotatable bonds is 13. The van der Waals surface area contributed by atoms with Crippen molar-refractivity contribution in [2.24, 2.45) is 28.6 Å². The van der Waals surface area contributed by atoms with E-state index in [1.54, 1.807) is 0 Å². The van der Waals surface area contributed by atoms with Gasteiger partial charge < -0.3 is 15.3 Å². The van der Waals surface area contributed by atoms with E-state index in [4.69, 9.17) is 0 Å². The summed E-state index contributed by atoms with van der Waals surface area (Å²) < 4.78 is 0. The maximum Gasteiger partial charge on any atom is 0.136 e. The van der Waals surface area contributed by atoms with Crippen LogP contribution in [0.1, 0.15) is 130 Å². The molecule has 0 amide bonds. The second kappa shape index (κ2) is 13.2. The van der Waals surface area contributed by atoms with Crippen LogP contribution < -0.4 is 0 Å². The normalized spacial score (nSPS) is 35.7. The van der Waals surface area contributed by atoms with Gasteiger partial charge in [0, 0.05) is 18.8 Å². The third kappa shape index (κ3) is 7.35. The van der Waals surface area contributed by atoms with Crippen molar-refractivity contribution in [2.75, 3.05) is 0 Å². The predicted molar refractivity (Wildman–Crippen MR) is 159 cm³/mol. The van der Waals surface area contributed by atoms with Gasteiger partial charge in [-0.2, -0.15) is 0 Å². The molecular formula is C35H56O4. The van der Waals surface area contributed by atoms with Crippen molar-refractivity contribution in [2.45, 2.75) is 148 Å². The molecule has 4 nitrogen and oxygen atoms in total. The summed E-state index contributed by atoms with van der Waals surface area (Å²) in [4.78, 5) is 13.1. The average Bonchev–Trinajstić information content (AvgIpc) is 3.54. The second-order valence-corrected chi connectivity index (χ2v) is 14.2. The molecule has 0 aromatic carbocycles. The van der Waals surface area contributed by atoms with Crippen molar-refractivity contribution in [1.29, 1.82) is 0 Å². The monoisotopic (exact) mass is 540 g/mol. The number of carbonyl (C=O) groups is 1. The van der Waals surface area contributed by atoms with Gasteiger partial charge in [0.15, 0.2) is 0 Å². The van der Waals surface area contributed by atoms with Crippen LogP contribution in [-0.4, -0.2) is 39.4 Å². The fraction of sp³-hybridized carbons (Fsp3) is 0.800. The molecule has 7 atom stereocenters. The summed E-state index contributed by atoms with van der Waals surface area (Å²) in [5, 5.41) is 31.5. The van der Waals surface area contributed by atoms with Gasteiger partial charge in [-0.25, -0.2) is 0 Å². The number of ketones is 1. The molecule has 0 aliphatic heterocycles.